The Morgan fingerprint density at radius 3 is 2.03 bits per heavy atom. The lowest BCUT2D eigenvalue weighted by Crippen LogP contribution is -2.02. The first-order valence-electron chi connectivity index (χ1n) is 10.5. The van der Waals surface area contributed by atoms with Gasteiger partial charge in [0.1, 0.15) is 0 Å². The fraction of sp³-hybridized carbons (Fsp3) is 0.231. The van der Waals surface area contributed by atoms with Crippen LogP contribution in [0.25, 0.3) is 26.2 Å². The number of ketones is 2. The van der Waals surface area contributed by atoms with Crippen molar-refractivity contribution >= 4 is 60.5 Å². The summed E-state index contributed by atoms with van der Waals surface area (Å²) in [6.07, 6.45) is 8.46. The van der Waals surface area contributed by atoms with Gasteiger partial charge in [-0.2, -0.15) is 0 Å². The number of fused-ring (bicyclic) bond motifs is 3. The van der Waals surface area contributed by atoms with Crippen molar-refractivity contribution in [1.29, 1.82) is 0 Å². The van der Waals surface area contributed by atoms with Crippen LogP contribution in [0.5, 0.6) is 0 Å². The molecule has 2 aromatic carbocycles. The average molecular weight is 429 g/mol. The highest BCUT2D eigenvalue weighted by Gasteiger charge is 2.33. The van der Waals surface area contributed by atoms with Crippen LogP contribution in [-0.4, -0.2) is 11.6 Å². The molecule has 4 aromatic rings. The third-order valence-electron chi connectivity index (χ3n) is 6.40. The lowest BCUT2D eigenvalue weighted by atomic mass is 9.88. The van der Waals surface area contributed by atoms with Crippen molar-refractivity contribution in [1.82, 2.24) is 0 Å². The van der Waals surface area contributed by atoms with Gasteiger partial charge in [0.25, 0.3) is 0 Å². The van der Waals surface area contributed by atoms with Crippen molar-refractivity contribution in [2.45, 2.75) is 38.0 Å². The summed E-state index contributed by atoms with van der Waals surface area (Å²) in [5, 5.41) is 1.98. The van der Waals surface area contributed by atoms with E-state index in [4.69, 9.17) is 0 Å². The molecule has 2 aliphatic rings. The first kappa shape index (κ1) is 18.2. The van der Waals surface area contributed by atoms with Gasteiger partial charge >= 0.3 is 0 Å². The van der Waals surface area contributed by atoms with E-state index in [1.54, 1.807) is 17.4 Å². The van der Waals surface area contributed by atoms with Crippen LogP contribution >= 0.6 is 22.7 Å². The number of benzene rings is 2. The minimum atomic E-state index is -0.152. The number of hydrogen-bond donors (Lipinski definition) is 0. The van der Waals surface area contributed by atoms with Crippen LogP contribution in [0.1, 0.15) is 68.5 Å². The minimum absolute atomic E-state index is 0.152. The number of carbonyl (C=O) groups excluding carboxylic acids is 2. The highest BCUT2D eigenvalue weighted by Crippen LogP contribution is 2.42. The van der Waals surface area contributed by atoms with Crippen molar-refractivity contribution in [2.24, 2.45) is 0 Å². The van der Waals surface area contributed by atoms with E-state index < -0.39 is 0 Å². The quantitative estimate of drug-likeness (QED) is 0.243. The van der Waals surface area contributed by atoms with Gasteiger partial charge < -0.3 is 0 Å². The van der Waals surface area contributed by atoms with Crippen LogP contribution < -0.4 is 0 Å². The van der Waals surface area contributed by atoms with E-state index in [0.29, 0.717) is 22.6 Å². The van der Waals surface area contributed by atoms with Crippen molar-refractivity contribution in [3.05, 3.63) is 75.0 Å². The standard InChI is InChI=1S/C26H20O2S2/c27-25-19-10-16-8-4-5-9-17(16)11-20(19)26(28)21(25)12-18-13-23-24(29-18)14-22(30-23)15-6-2-1-3-7-15/h4-5,8-15H,1-3,6-7H2. The van der Waals surface area contributed by atoms with Crippen LogP contribution in [0.3, 0.4) is 0 Å². The maximum atomic E-state index is 13.0. The molecule has 30 heavy (non-hydrogen) atoms. The van der Waals surface area contributed by atoms with Gasteiger partial charge in [0, 0.05) is 30.3 Å². The molecule has 0 aliphatic heterocycles. The van der Waals surface area contributed by atoms with E-state index in [1.807, 2.05) is 47.7 Å². The second-order valence-electron chi connectivity index (χ2n) is 8.32. The normalized spacial score (nSPS) is 17.3. The molecule has 0 atom stereocenters. The summed E-state index contributed by atoms with van der Waals surface area (Å²) in [5.41, 5.74) is 1.35. The molecule has 2 aliphatic carbocycles. The number of allylic oxidation sites excluding steroid dienone is 1. The van der Waals surface area contributed by atoms with Gasteiger partial charge in [-0.15, -0.1) is 22.7 Å². The lowest BCUT2D eigenvalue weighted by molar-refractivity contribution is 0.0990. The van der Waals surface area contributed by atoms with Gasteiger partial charge in [0.05, 0.1) is 5.57 Å². The van der Waals surface area contributed by atoms with Gasteiger partial charge in [-0.1, -0.05) is 43.5 Å². The molecule has 0 spiro atoms. The van der Waals surface area contributed by atoms with E-state index in [-0.39, 0.29) is 11.6 Å². The average Bonchev–Trinajstić information content (AvgIpc) is 3.41. The second-order valence-corrected chi connectivity index (χ2v) is 10.6. The molecule has 2 aromatic heterocycles. The zero-order chi connectivity index (χ0) is 20.2. The zero-order valence-corrected chi connectivity index (χ0v) is 18.1. The largest absolute Gasteiger partial charge is 0.288 e. The second kappa shape index (κ2) is 7.00. The smallest absolute Gasteiger partial charge is 0.197 e. The molecule has 0 unspecified atom stereocenters. The molecule has 0 saturated heterocycles. The van der Waals surface area contributed by atoms with Gasteiger partial charge in [0.15, 0.2) is 11.6 Å². The Bertz CT molecular complexity index is 1270. The maximum absolute atomic E-state index is 13.0. The molecule has 6 rings (SSSR count). The first-order chi connectivity index (χ1) is 14.7. The molecule has 1 fully saturated rings. The topological polar surface area (TPSA) is 34.1 Å². The molecular formula is C26H20O2S2. The Morgan fingerprint density at radius 2 is 1.40 bits per heavy atom. The summed E-state index contributed by atoms with van der Waals surface area (Å²) in [6.45, 7) is 0. The van der Waals surface area contributed by atoms with Crippen LogP contribution in [0, 0.1) is 0 Å². The predicted octanol–water partition coefficient (Wildman–Crippen LogP) is 7.63. The zero-order valence-electron chi connectivity index (χ0n) is 16.4. The summed E-state index contributed by atoms with van der Waals surface area (Å²) >= 11 is 3.57. The number of carbonyl (C=O) groups is 2. The molecule has 0 N–H and O–H groups in total. The molecule has 4 heteroatoms. The lowest BCUT2D eigenvalue weighted by Gasteiger charge is -2.19. The first-order valence-corrected chi connectivity index (χ1v) is 12.2. The summed E-state index contributed by atoms with van der Waals surface area (Å²) in [5.74, 6) is 0.410. The fourth-order valence-corrected chi connectivity index (χ4v) is 7.35. The Labute approximate surface area is 182 Å². The fourth-order valence-electron chi connectivity index (χ4n) is 4.82. The van der Waals surface area contributed by atoms with E-state index in [0.717, 1.165) is 15.6 Å². The molecule has 2 heterocycles. The summed E-state index contributed by atoms with van der Waals surface area (Å²) in [6, 6.07) is 16.1. The van der Waals surface area contributed by atoms with Gasteiger partial charge in [-0.25, -0.2) is 0 Å². The number of hydrogen-bond acceptors (Lipinski definition) is 4. The van der Waals surface area contributed by atoms with Crippen molar-refractivity contribution in [2.75, 3.05) is 0 Å². The van der Waals surface area contributed by atoms with Crippen molar-refractivity contribution < 1.29 is 9.59 Å². The molecule has 0 amide bonds. The van der Waals surface area contributed by atoms with E-state index in [2.05, 4.69) is 12.1 Å². The molecular weight excluding hydrogens is 408 g/mol. The highest BCUT2D eigenvalue weighted by atomic mass is 32.1. The third-order valence-corrected chi connectivity index (χ3v) is 8.81. The van der Waals surface area contributed by atoms with Crippen LogP contribution in [0.4, 0.5) is 0 Å². The maximum Gasteiger partial charge on any atom is 0.197 e. The molecule has 2 nitrogen and oxygen atoms in total. The third kappa shape index (κ3) is 2.90. The van der Waals surface area contributed by atoms with Crippen LogP contribution in [0.15, 0.2) is 54.1 Å². The van der Waals surface area contributed by atoms with E-state index in [1.165, 1.54) is 46.4 Å². The Hall–Kier alpha value is -2.56. The highest BCUT2D eigenvalue weighted by molar-refractivity contribution is 7.28. The number of Topliss-reactive ketones (excluding diaryl/α,β-unsaturated/α-hetero) is 2. The molecule has 0 radical (unpaired) electrons. The Kier molecular flexibility index (Phi) is 4.25. The van der Waals surface area contributed by atoms with Crippen molar-refractivity contribution in [3.8, 4) is 0 Å². The van der Waals surface area contributed by atoms with Gasteiger partial charge in [0.2, 0.25) is 0 Å². The van der Waals surface area contributed by atoms with Crippen LogP contribution in [0.2, 0.25) is 0 Å². The van der Waals surface area contributed by atoms with E-state index in [9.17, 15) is 9.59 Å². The number of thiophene rings is 2. The van der Waals surface area contributed by atoms with Crippen LogP contribution in [-0.2, 0) is 0 Å². The monoisotopic (exact) mass is 428 g/mol. The molecule has 148 valence electrons. The Morgan fingerprint density at radius 1 is 0.767 bits per heavy atom. The van der Waals surface area contributed by atoms with Gasteiger partial charge in [-0.05, 0) is 59.9 Å². The Balaban J connectivity index is 1.35. The SMILES string of the molecule is O=C1C(=Cc2cc3sc(C4CCCCC4)cc3s2)C(=O)c2cc3ccccc3cc21. The van der Waals surface area contributed by atoms with E-state index >= 15 is 0 Å². The van der Waals surface area contributed by atoms with Gasteiger partial charge in [-0.3, -0.25) is 9.59 Å². The summed E-state index contributed by atoms with van der Waals surface area (Å²) in [4.78, 5) is 28.5. The summed E-state index contributed by atoms with van der Waals surface area (Å²) in [7, 11) is 0. The molecule has 0 bridgehead atoms. The predicted molar refractivity (Wildman–Crippen MR) is 126 cm³/mol. The summed E-state index contributed by atoms with van der Waals surface area (Å²) < 4.78 is 2.54. The number of rotatable bonds is 2. The minimum Gasteiger partial charge on any atom is -0.288 e. The van der Waals surface area contributed by atoms with Crippen molar-refractivity contribution in [3.63, 3.8) is 0 Å². The molecule has 1 saturated carbocycles.